The molecule has 0 aliphatic carbocycles. The second-order valence-corrected chi connectivity index (χ2v) is 7.17. The molecule has 2 amide bonds. The molecule has 1 aliphatic heterocycles. The number of nitrogens with one attached hydrogen (secondary N) is 1. The van der Waals surface area contributed by atoms with E-state index in [1.807, 2.05) is 12.1 Å². The molecule has 1 N–H and O–H groups in total. The molecule has 27 heavy (non-hydrogen) atoms. The maximum Gasteiger partial charge on any atom is 0.416 e. The number of carbonyl (C=O) groups is 2. The van der Waals surface area contributed by atoms with Crippen LogP contribution in [0, 0.1) is 0 Å². The van der Waals surface area contributed by atoms with E-state index in [2.05, 4.69) is 5.32 Å². The van der Waals surface area contributed by atoms with Gasteiger partial charge in [-0.15, -0.1) is 11.8 Å². The van der Waals surface area contributed by atoms with E-state index < -0.39 is 23.7 Å². The Bertz CT molecular complexity index is 870. The van der Waals surface area contributed by atoms with Gasteiger partial charge < -0.3 is 10.2 Å². The highest BCUT2D eigenvalue weighted by molar-refractivity contribution is 8.00. The van der Waals surface area contributed by atoms with Gasteiger partial charge in [0.15, 0.2) is 0 Å². The van der Waals surface area contributed by atoms with Crippen LogP contribution in [0.5, 0.6) is 0 Å². The van der Waals surface area contributed by atoms with Crippen LogP contribution in [0.2, 0.25) is 0 Å². The molecule has 1 heterocycles. The summed E-state index contributed by atoms with van der Waals surface area (Å²) < 4.78 is 38.6. The first-order valence-corrected chi connectivity index (χ1v) is 9.23. The average molecular weight is 394 g/mol. The molecule has 4 nitrogen and oxygen atoms in total. The van der Waals surface area contributed by atoms with Crippen LogP contribution in [0.4, 0.5) is 18.9 Å². The van der Waals surface area contributed by atoms with Gasteiger partial charge in [0.1, 0.15) is 6.54 Å². The summed E-state index contributed by atoms with van der Waals surface area (Å²) in [5.41, 5.74) is 0.248. The first kappa shape index (κ1) is 19.3. The zero-order chi connectivity index (χ0) is 19.6. The lowest BCUT2D eigenvalue weighted by Gasteiger charge is -2.28. The van der Waals surface area contributed by atoms with E-state index in [0.29, 0.717) is 11.3 Å². The van der Waals surface area contributed by atoms with Crippen molar-refractivity contribution in [3.63, 3.8) is 0 Å². The Labute approximate surface area is 158 Å². The minimum absolute atomic E-state index is 0.180. The fourth-order valence-electron chi connectivity index (χ4n) is 2.83. The second-order valence-electron chi connectivity index (χ2n) is 6.15. The summed E-state index contributed by atoms with van der Waals surface area (Å²) in [5, 5.41) is 2.67. The van der Waals surface area contributed by atoms with Gasteiger partial charge in [-0.1, -0.05) is 24.3 Å². The minimum atomic E-state index is -4.44. The molecule has 1 atom stereocenters. The van der Waals surface area contributed by atoms with Crippen molar-refractivity contribution in [1.82, 2.24) is 5.32 Å². The number of para-hydroxylation sites is 1. The molecule has 0 fully saturated rings. The minimum Gasteiger partial charge on any atom is -0.348 e. The molecule has 0 spiro atoms. The number of carbonyl (C=O) groups excluding carboxylic acids is 2. The fourth-order valence-corrected chi connectivity index (χ4v) is 3.76. The predicted molar refractivity (Wildman–Crippen MR) is 97.5 cm³/mol. The van der Waals surface area contributed by atoms with Crippen molar-refractivity contribution in [2.24, 2.45) is 0 Å². The van der Waals surface area contributed by atoms with Crippen LogP contribution >= 0.6 is 11.8 Å². The smallest absolute Gasteiger partial charge is 0.348 e. The highest BCUT2D eigenvalue weighted by Crippen LogP contribution is 2.35. The first-order chi connectivity index (χ1) is 12.8. The highest BCUT2D eigenvalue weighted by Gasteiger charge is 2.31. The summed E-state index contributed by atoms with van der Waals surface area (Å²) in [5.74, 6) is -0.372. The van der Waals surface area contributed by atoms with Crippen LogP contribution < -0.4 is 10.2 Å². The maximum atomic E-state index is 12.9. The summed E-state index contributed by atoms with van der Waals surface area (Å²) >= 11 is 1.41. The summed E-state index contributed by atoms with van der Waals surface area (Å²) in [6, 6.07) is 11.5. The number of amides is 2. The molecular weight excluding hydrogens is 377 g/mol. The maximum absolute atomic E-state index is 12.9. The molecule has 1 aliphatic rings. The molecule has 8 heteroatoms. The Morgan fingerprint density at radius 1 is 1.22 bits per heavy atom. The second kappa shape index (κ2) is 7.64. The van der Waals surface area contributed by atoms with E-state index in [4.69, 9.17) is 0 Å². The van der Waals surface area contributed by atoms with Crippen LogP contribution in [0.25, 0.3) is 0 Å². The average Bonchev–Trinajstić information content (AvgIpc) is 2.63. The standard InChI is InChI=1S/C19H17F3N2O2S/c1-12(13-5-4-6-14(9-13)19(20,21)22)23-17(25)10-24-15-7-2-3-8-16(15)27-11-18(24)26/h2-9,12H,10-11H2,1H3,(H,23,25). The third-order valence-corrected chi connectivity index (χ3v) is 5.25. The Kier molecular flexibility index (Phi) is 5.46. The number of fused-ring (bicyclic) bond motifs is 1. The monoisotopic (exact) mass is 394 g/mol. The molecule has 0 bridgehead atoms. The number of rotatable bonds is 4. The Morgan fingerprint density at radius 3 is 2.70 bits per heavy atom. The normalized spacial score (nSPS) is 15.3. The summed E-state index contributed by atoms with van der Waals surface area (Å²) in [7, 11) is 0. The third-order valence-electron chi connectivity index (χ3n) is 4.20. The third kappa shape index (κ3) is 4.44. The van der Waals surface area contributed by atoms with Gasteiger partial charge in [0, 0.05) is 4.90 Å². The number of alkyl halides is 3. The number of hydrogen-bond acceptors (Lipinski definition) is 3. The van der Waals surface area contributed by atoms with Gasteiger partial charge in [0.2, 0.25) is 11.8 Å². The molecular formula is C19H17F3N2O2S. The summed E-state index contributed by atoms with van der Waals surface area (Å²) in [6.45, 7) is 1.43. The van der Waals surface area contributed by atoms with E-state index in [-0.39, 0.29) is 18.2 Å². The van der Waals surface area contributed by atoms with E-state index >= 15 is 0 Å². The molecule has 3 rings (SSSR count). The summed E-state index contributed by atoms with van der Waals surface area (Å²) in [6.07, 6.45) is -4.44. The van der Waals surface area contributed by atoms with E-state index in [9.17, 15) is 22.8 Å². The molecule has 0 aromatic heterocycles. The molecule has 0 saturated heterocycles. The number of halogens is 3. The Hall–Kier alpha value is -2.48. The van der Waals surface area contributed by atoms with Crippen molar-refractivity contribution in [1.29, 1.82) is 0 Å². The zero-order valence-electron chi connectivity index (χ0n) is 14.4. The fraction of sp³-hybridized carbons (Fsp3) is 0.263. The van der Waals surface area contributed by atoms with Gasteiger partial charge in [-0.2, -0.15) is 13.2 Å². The number of benzene rings is 2. The van der Waals surface area contributed by atoms with Gasteiger partial charge in [-0.3, -0.25) is 9.59 Å². The van der Waals surface area contributed by atoms with Crippen molar-refractivity contribution < 1.29 is 22.8 Å². The van der Waals surface area contributed by atoms with Crippen molar-refractivity contribution in [3.8, 4) is 0 Å². The van der Waals surface area contributed by atoms with Gasteiger partial charge in [0.05, 0.1) is 23.0 Å². The van der Waals surface area contributed by atoms with E-state index in [0.717, 1.165) is 17.0 Å². The highest BCUT2D eigenvalue weighted by atomic mass is 32.2. The van der Waals surface area contributed by atoms with Gasteiger partial charge >= 0.3 is 6.18 Å². The summed E-state index contributed by atoms with van der Waals surface area (Å²) in [4.78, 5) is 26.9. The molecule has 0 radical (unpaired) electrons. The lowest BCUT2D eigenvalue weighted by molar-refractivity contribution is -0.137. The SMILES string of the molecule is CC(NC(=O)CN1C(=O)CSc2ccccc21)c1cccc(C(F)(F)F)c1. The molecule has 2 aromatic carbocycles. The molecule has 1 unspecified atom stereocenters. The lowest BCUT2D eigenvalue weighted by atomic mass is 10.0. The number of nitrogens with zero attached hydrogens (tertiary/aromatic N) is 1. The van der Waals surface area contributed by atoms with Gasteiger partial charge in [-0.05, 0) is 36.8 Å². The van der Waals surface area contributed by atoms with Crippen molar-refractivity contribution in [3.05, 3.63) is 59.7 Å². The molecule has 142 valence electrons. The van der Waals surface area contributed by atoms with Gasteiger partial charge in [-0.25, -0.2) is 0 Å². The van der Waals surface area contributed by atoms with Crippen LogP contribution in [-0.2, 0) is 15.8 Å². The van der Waals surface area contributed by atoms with Crippen LogP contribution in [0.1, 0.15) is 24.1 Å². The van der Waals surface area contributed by atoms with E-state index in [1.165, 1.54) is 28.8 Å². The number of thioether (sulfide) groups is 1. The van der Waals surface area contributed by atoms with Crippen molar-refractivity contribution in [2.45, 2.75) is 24.0 Å². The number of hydrogen-bond donors (Lipinski definition) is 1. The quantitative estimate of drug-likeness (QED) is 0.852. The predicted octanol–water partition coefficient (Wildman–Crippen LogP) is 4.02. The number of anilines is 1. The Morgan fingerprint density at radius 2 is 1.96 bits per heavy atom. The van der Waals surface area contributed by atoms with Crippen LogP contribution in [0.3, 0.4) is 0 Å². The lowest BCUT2D eigenvalue weighted by Crippen LogP contribution is -2.43. The molecule has 0 saturated carbocycles. The van der Waals surface area contributed by atoms with Crippen LogP contribution in [0.15, 0.2) is 53.4 Å². The topological polar surface area (TPSA) is 49.4 Å². The zero-order valence-corrected chi connectivity index (χ0v) is 15.2. The van der Waals surface area contributed by atoms with Gasteiger partial charge in [0.25, 0.3) is 0 Å². The largest absolute Gasteiger partial charge is 0.416 e. The first-order valence-electron chi connectivity index (χ1n) is 8.24. The van der Waals surface area contributed by atoms with Crippen molar-refractivity contribution >= 4 is 29.3 Å². The van der Waals surface area contributed by atoms with E-state index in [1.54, 1.807) is 19.1 Å². The van der Waals surface area contributed by atoms with Crippen LogP contribution in [-0.4, -0.2) is 24.1 Å². The van der Waals surface area contributed by atoms with Crippen molar-refractivity contribution in [2.75, 3.05) is 17.2 Å². The Balaban J connectivity index is 1.70. The molecule has 2 aromatic rings.